The van der Waals surface area contributed by atoms with E-state index in [0.717, 1.165) is 35.4 Å². The molecule has 2 saturated heterocycles. The normalized spacial score (nSPS) is 17.6. The average Bonchev–Trinajstić information content (AvgIpc) is 3.25. The lowest BCUT2D eigenvalue weighted by Crippen LogP contribution is -2.47. The van der Waals surface area contributed by atoms with E-state index in [2.05, 4.69) is 22.8 Å². The van der Waals surface area contributed by atoms with Gasteiger partial charge in [-0.1, -0.05) is 24.3 Å². The number of aryl methyl sites for hydroxylation is 1. The van der Waals surface area contributed by atoms with E-state index in [-0.39, 0.29) is 10.7 Å². The zero-order valence-electron chi connectivity index (χ0n) is 18.8. The van der Waals surface area contributed by atoms with Crippen molar-refractivity contribution >= 4 is 40.9 Å². The highest BCUT2D eigenvalue weighted by Crippen LogP contribution is 2.40. The molecule has 0 spiro atoms. The number of anilines is 2. The van der Waals surface area contributed by atoms with E-state index in [0.29, 0.717) is 38.4 Å². The summed E-state index contributed by atoms with van der Waals surface area (Å²) in [5.74, 6) is -1.31. The molecule has 2 aromatic carbocycles. The van der Waals surface area contributed by atoms with Crippen molar-refractivity contribution in [1.82, 2.24) is 5.32 Å². The van der Waals surface area contributed by atoms with Gasteiger partial charge in [-0.3, -0.25) is 14.4 Å². The number of hydrogen-bond donors (Lipinski definition) is 2. The van der Waals surface area contributed by atoms with Gasteiger partial charge in [-0.15, -0.1) is 11.8 Å². The number of thioether (sulfide) groups is 1. The molecule has 2 N–H and O–H groups in total. The van der Waals surface area contributed by atoms with Crippen LogP contribution in [0.1, 0.15) is 31.2 Å². The van der Waals surface area contributed by atoms with Gasteiger partial charge in [0.1, 0.15) is 0 Å². The SMILES string of the molecule is Cc1ccc(NC(=O)C(=O)NCC2(Sc3ccccc3)CCOCC2)cc1N1CCCC1=O. The van der Waals surface area contributed by atoms with Crippen LogP contribution in [-0.4, -0.2) is 48.8 Å². The standard InChI is InChI=1S/C25H29N3O4S/c1-18-9-10-19(16-21(18)28-13-5-8-22(28)29)27-24(31)23(30)26-17-25(11-14-32-15-12-25)33-20-6-3-2-4-7-20/h2-4,6-7,9-10,16H,5,8,11-15,17H2,1H3,(H,26,30)(H,27,31). The molecule has 2 aromatic rings. The van der Waals surface area contributed by atoms with Gasteiger partial charge < -0.3 is 20.3 Å². The predicted molar refractivity (Wildman–Crippen MR) is 129 cm³/mol. The van der Waals surface area contributed by atoms with E-state index in [4.69, 9.17) is 4.74 Å². The highest BCUT2D eigenvalue weighted by atomic mass is 32.2. The van der Waals surface area contributed by atoms with Crippen LogP contribution in [-0.2, 0) is 19.1 Å². The second-order valence-corrected chi connectivity index (χ2v) is 10.0. The van der Waals surface area contributed by atoms with Crippen molar-refractivity contribution < 1.29 is 19.1 Å². The van der Waals surface area contributed by atoms with Crippen LogP contribution in [0.3, 0.4) is 0 Å². The van der Waals surface area contributed by atoms with Gasteiger partial charge in [-0.2, -0.15) is 0 Å². The summed E-state index contributed by atoms with van der Waals surface area (Å²) < 4.78 is 5.31. The second kappa shape index (κ2) is 10.4. The maximum Gasteiger partial charge on any atom is 0.313 e. The molecule has 2 fully saturated rings. The van der Waals surface area contributed by atoms with Crippen LogP contribution < -0.4 is 15.5 Å². The fraction of sp³-hybridized carbons (Fsp3) is 0.400. The predicted octanol–water partition coefficient (Wildman–Crippen LogP) is 3.52. The third-order valence-electron chi connectivity index (χ3n) is 6.09. The van der Waals surface area contributed by atoms with Gasteiger partial charge in [0, 0.05) is 53.7 Å². The van der Waals surface area contributed by atoms with Gasteiger partial charge in [0.25, 0.3) is 0 Å². The van der Waals surface area contributed by atoms with Crippen molar-refractivity contribution in [2.24, 2.45) is 0 Å². The molecule has 7 nitrogen and oxygen atoms in total. The Bertz CT molecular complexity index is 1020. The summed E-state index contributed by atoms with van der Waals surface area (Å²) in [6.45, 7) is 4.23. The Kier molecular flexibility index (Phi) is 7.35. The first kappa shape index (κ1) is 23.3. The molecule has 4 rings (SSSR count). The molecule has 2 aliphatic heterocycles. The Labute approximate surface area is 198 Å². The molecule has 0 aliphatic carbocycles. The molecule has 0 bridgehead atoms. The number of hydrogen-bond acceptors (Lipinski definition) is 5. The third-order valence-corrected chi connectivity index (χ3v) is 7.58. The van der Waals surface area contributed by atoms with Gasteiger partial charge >= 0.3 is 11.8 Å². The van der Waals surface area contributed by atoms with Crippen LogP contribution in [0.25, 0.3) is 0 Å². The zero-order valence-corrected chi connectivity index (χ0v) is 19.6. The summed E-state index contributed by atoms with van der Waals surface area (Å²) in [5, 5.41) is 5.51. The van der Waals surface area contributed by atoms with Gasteiger partial charge in [0.05, 0.1) is 0 Å². The van der Waals surface area contributed by atoms with E-state index in [1.54, 1.807) is 28.8 Å². The van der Waals surface area contributed by atoms with Crippen molar-refractivity contribution in [2.75, 3.05) is 36.5 Å². The van der Waals surface area contributed by atoms with Crippen LogP contribution in [0.2, 0.25) is 0 Å². The summed E-state index contributed by atoms with van der Waals surface area (Å²) in [4.78, 5) is 40.2. The Morgan fingerprint density at radius 3 is 2.55 bits per heavy atom. The molecule has 174 valence electrons. The van der Waals surface area contributed by atoms with Crippen molar-refractivity contribution in [3.05, 3.63) is 54.1 Å². The van der Waals surface area contributed by atoms with Crippen molar-refractivity contribution in [3.8, 4) is 0 Å². The van der Waals surface area contributed by atoms with Crippen molar-refractivity contribution in [1.29, 1.82) is 0 Å². The smallest absolute Gasteiger partial charge is 0.313 e. The number of carbonyl (C=O) groups excluding carboxylic acids is 3. The third kappa shape index (κ3) is 5.75. The summed E-state index contributed by atoms with van der Waals surface area (Å²) >= 11 is 1.72. The van der Waals surface area contributed by atoms with E-state index in [9.17, 15) is 14.4 Å². The molecule has 2 aliphatic rings. The number of ether oxygens (including phenoxy) is 1. The molecule has 0 atom stereocenters. The number of benzene rings is 2. The highest BCUT2D eigenvalue weighted by molar-refractivity contribution is 8.00. The Morgan fingerprint density at radius 2 is 1.85 bits per heavy atom. The lowest BCUT2D eigenvalue weighted by atomic mass is 9.99. The number of amides is 3. The Balaban J connectivity index is 1.39. The number of nitrogens with one attached hydrogen (secondary N) is 2. The average molecular weight is 468 g/mol. The molecule has 0 saturated carbocycles. The molecule has 0 radical (unpaired) electrons. The number of nitrogens with zero attached hydrogens (tertiary/aromatic N) is 1. The topological polar surface area (TPSA) is 87.7 Å². The fourth-order valence-corrected chi connectivity index (χ4v) is 5.50. The first-order chi connectivity index (χ1) is 16.0. The molecule has 2 heterocycles. The lowest BCUT2D eigenvalue weighted by molar-refractivity contribution is -0.136. The van der Waals surface area contributed by atoms with Gasteiger partial charge in [0.15, 0.2) is 0 Å². The minimum atomic E-state index is -0.718. The summed E-state index contributed by atoms with van der Waals surface area (Å²) in [6, 6.07) is 15.4. The minimum Gasteiger partial charge on any atom is -0.381 e. The summed E-state index contributed by atoms with van der Waals surface area (Å²) in [7, 11) is 0. The number of rotatable bonds is 6. The molecular weight excluding hydrogens is 438 g/mol. The molecule has 0 unspecified atom stereocenters. The largest absolute Gasteiger partial charge is 0.381 e. The van der Waals surface area contributed by atoms with Crippen molar-refractivity contribution in [2.45, 2.75) is 42.2 Å². The Morgan fingerprint density at radius 1 is 1.09 bits per heavy atom. The van der Waals surface area contributed by atoms with Crippen LogP contribution in [0.15, 0.2) is 53.4 Å². The summed E-state index contributed by atoms with van der Waals surface area (Å²) in [5.41, 5.74) is 2.22. The monoisotopic (exact) mass is 467 g/mol. The Hall–Kier alpha value is -2.84. The van der Waals surface area contributed by atoms with Gasteiger partial charge in [-0.25, -0.2) is 0 Å². The molecule has 3 amide bonds. The highest BCUT2D eigenvalue weighted by Gasteiger charge is 2.35. The maximum absolute atomic E-state index is 12.6. The van der Waals surface area contributed by atoms with E-state index < -0.39 is 11.8 Å². The van der Waals surface area contributed by atoms with Gasteiger partial charge in [-0.05, 0) is 56.0 Å². The molecule has 8 heteroatoms. The fourth-order valence-electron chi connectivity index (χ4n) is 4.19. The number of carbonyl (C=O) groups is 3. The second-order valence-electron chi connectivity index (χ2n) is 8.50. The van der Waals surface area contributed by atoms with E-state index >= 15 is 0 Å². The van der Waals surface area contributed by atoms with Crippen LogP contribution in [0.4, 0.5) is 11.4 Å². The molecule has 0 aromatic heterocycles. The zero-order chi connectivity index (χ0) is 23.3. The van der Waals surface area contributed by atoms with E-state index in [1.807, 2.05) is 31.2 Å². The van der Waals surface area contributed by atoms with Gasteiger partial charge in [0.2, 0.25) is 5.91 Å². The van der Waals surface area contributed by atoms with Crippen LogP contribution in [0, 0.1) is 6.92 Å². The minimum absolute atomic E-state index is 0.0806. The lowest BCUT2D eigenvalue weighted by Gasteiger charge is -2.36. The maximum atomic E-state index is 12.6. The quantitative estimate of drug-likeness (QED) is 0.635. The first-order valence-corrected chi connectivity index (χ1v) is 12.1. The van der Waals surface area contributed by atoms with Crippen LogP contribution >= 0.6 is 11.8 Å². The van der Waals surface area contributed by atoms with Crippen molar-refractivity contribution in [3.63, 3.8) is 0 Å². The molecular formula is C25H29N3O4S. The molecule has 33 heavy (non-hydrogen) atoms. The van der Waals surface area contributed by atoms with Crippen LogP contribution in [0.5, 0.6) is 0 Å². The first-order valence-electron chi connectivity index (χ1n) is 11.3. The summed E-state index contributed by atoms with van der Waals surface area (Å²) in [6.07, 6.45) is 2.94. The van der Waals surface area contributed by atoms with E-state index in [1.165, 1.54) is 0 Å².